The number of ether oxygens (including phenoxy) is 1. The summed E-state index contributed by atoms with van der Waals surface area (Å²) < 4.78 is 5.83. The lowest BCUT2D eigenvalue weighted by Crippen LogP contribution is -2.45. The van der Waals surface area contributed by atoms with Gasteiger partial charge < -0.3 is 19.6 Å². The van der Waals surface area contributed by atoms with E-state index in [-0.39, 0.29) is 35.4 Å². The number of aromatic nitrogens is 2. The maximum atomic E-state index is 13.4. The van der Waals surface area contributed by atoms with Crippen LogP contribution < -0.4 is 0 Å². The minimum Gasteiger partial charge on any atom is -0.478 e. The zero-order chi connectivity index (χ0) is 31.4. The van der Waals surface area contributed by atoms with Gasteiger partial charge in [-0.05, 0) is 87.3 Å². The highest BCUT2D eigenvalue weighted by molar-refractivity contribution is 5.93. The van der Waals surface area contributed by atoms with Crippen LogP contribution in [0.2, 0.25) is 0 Å². The van der Waals surface area contributed by atoms with Crippen molar-refractivity contribution in [2.24, 2.45) is 5.92 Å². The Labute approximate surface area is 258 Å². The first kappa shape index (κ1) is 30.9. The van der Waals surface area contributed by atoms with Crippen molar-refractivity contribution in [1.29, 1.82) is 0 Å². The van der Waals surface area contributed by atoms with Crippen LogP contribution in [0.1, 0.15) is 73.0 Å². The fraction of sp³-hybridized carbons (Fsp3) is 0.400. The van der Waals surface area contributed by atoms with Crippen LogP contribution in [0.25, 0.3) is 17.2 Å². The number of amides is 2. The molecule has 1 aliphatic heterocycles. The Balaban J connectivity index is 1.19. The van der Waals surface area contributed by atoms with Gasteiger partial charge in [0.05, 0.1) is 5.56 Å². The van der Waals surface area contributed by atoms with E-state index in [9.17, 15) is 19.5 Å². The average molecular weight is 597 g/mol. The molecular weight excluding hydrogens is 556 g/mol. The van der Waals surface area contributed by atoms with E-state index < -0.39 is 11.6 Å². The molecule has 230 valence electrons. The zero-order valence-corrected chi connectivity index (χ0v) is 25.8. The van der Waals surface area contributed by atoms with Gasteiger partial charge in [-0.1, -0.05) is 36.4 Å². The number of hydrogen-bond acceptors (Lipinski definition) is 6. The molecule has 1 N–H and O–H groups in total. The van der Waals surface area contributed by atoms with Gasteiger partial charge in [0.15, 0.2) is 0 Å². The molecule has 5 rings (SSSR count). The molecule has 2 aliphatic rings. The first-order chi connectivity index (χ1) is 21.0. The summed E-state index contributed by atoms with van der Waals surface area (Å²) >= 11 is 0. The van der Waals surface area contributed by atoms with Crippen LogP contribution in [-0.4, -0.2) is 74.1 Å². The lowest BCUT2D eigenvalue weighted by Gasteiger charge is -2.35. The van der Waals surface area contributed by atoms with Gasteiger partial charge in [-0.25, -0.2) is 19.6 Å². The fourth-order valence-corrected chi connectivity index (χ4v) is 5.84. The van der Waals surface area contributed by atoms with E-state index in [0.717, 1.165) is 36.0 Å². The third-order valence-corrected chi connectivity index (χ3v) is 8.30. The number of likely N-dealkylation sites (tertiary alicyclic amines) is 1. The second-order valence-electron chi connectivity index (χ2n) is 12.8. The Morgan fingerprint density at radius 3 is 2.32 bits per heavy atom. The van der Waals surface area contributed by atoms with E-state index in [1.54, 1.807) is 49.7 Å². The summed E-state index contributed by atoms with van der Waals surface area (Å²) in [5, 5.41) is 9.23. The highest BCUT2D eigenvalue weighted by Gasteiger charge is 2.46. The number of carboxylic acids is 1. The molecular formula is C35H40N4O5. The number of aryl methyl sites for hydroxylation is 1. The number of carbonyl (C=O) groups excluding carboxylic acids is 2. The molecule has 1 saturated carbocycles. The van der Waals surface area contributed by atoms with Gasteiger partial charge >= 0.3 is 12.1 Å². The van der Waals surface area contributed by atoms with Gasteiger partial charge in [-0.15, -0.1) is 0 Å². The van der Waals surface area contributed by atoms with Gasteiger partial charge in [-0.3, -0.25) is 4.79 Å². The molecule has 9 heteroatoms. The summed E-state index contributed by atoms with van der Waals surface area (Å²) in [6.45, 7) is 9.24. The average Bonchev–Trinajstić information content (AvgIpc) is 3.79. The maximum Gasteiger partial charge on any atom is 0.410 e. The Morgan fingerprint density at radius 2 is 1.70 bits per heavy atom. The molecule has 1 aromatic heterocycles. The van der Waals surface area contributed by atoms with E-state index in [2.05, 4.69) is 34.2 Å². The monoisotopic (exact) mass is 596 g/mol. The minimum absolute atomic E-state index is 0.0693. The lowest BCUT2D eigenvalue weighted by atomic mass is 9.96. The van der Waals surface area contributed by atoms with Crippen LogP contribution >= 0.6 is 0 Å². The highest BCUT2D eigenvalue weighted by atomic mass is 16.6. The quantitative estimate of drug-likeness (QED) is 0.308. The number of carbonyl (C=O) groups is 3. The van der Waals surface area contributed by atoms with Crippen molar-refractivity contribution in [2.75, 3.05) is 19.6 Å². The van der Waals surface area contributed by atoms with E-state index in [0.29, 0.717) is 25.2 Å². The lowest BCUT2D eigenvalue weighted by molar-refractivity contribution is -0.127. The minimum atomic E-state index is -0.965. The van der Waals surface area contributed by atoms with Crippen molar-refractivity contribution in [1.82, 2.24) is 19.8 Å². The van der Waals surface area contributed by atoms with E-state index >= 15 is 0 Å². The SMILES string of the molecule is Cc1cc(C=CC(=O)N2CCC(CN(C(=O)OC(C)(C)C)C3CC3c3ccc(-c4cncnc4)cc3)CC2)ccc1C(=O)O. The third kappa shape index (κ3) is 7.70. The molecule has 3 aromatic rings. The Morgan fingerprint density at radius 1 is 1.02 bits per heavy atom. The van der Waals surface area contributed by atoms with Gasteiger partial charge in [0.1, 0.15) is 11.9 Å². The van der Waals surface area contributed by atoms with Crippen LogP contribution in [0, 0.1) is 12.8 Å². The Hall–Kier alpha value is -4.53. The molecule has 0 radical (unpaired) electrons. The van der Waals surface area contributed by atoms with E-state index in [4.69, 9.17) is 4.74 Å². The molecule has 1 saturated heterocycles. The molecule has 0 bridgehead atoms. The van der Waals surface area contributed by atoms with Gasteiger partial charge in [0, 0.05) is 55.6 Å². The predicted octanol–water partition coefficient (Wildman–Crippen LogP) is 6.20. The molecule has 2 amide bonds. The topological polar surface area (TPSA) is 113 Å². The number of hydrogen-bond donors (Lipinski definition) is 1. The summed E-state index contributed by atoms with van der Waals surface area (Å²) in [4.78, 5) is 49.5. The first-order valence-corrected chi connectivity index (χ1v) is 15.1. The van der Waals surface area contributed by atoms with Crippen molar-refractivity contribution in [2.45, 2.75) is 64.5 Å². The summed E-state index contributed by atoms with van der Waals surface area (Å²) in [5.41, 5.74) is 4.32. The number of rotatable bonds is 8. The molecule has 0 spiro atoms. The van der Waals surface area contributed by atoms with E-state index in [1.807, 2.05) is 30.6 Å². The fourth-order valence-electron chi connectivity index (χ4n) is 5.84. The highest BCUT2D eigenvalue weighted by Crippen LogP contribution is 2.46. The molecule has 44 heavy (non-hydrogen) atoms. The van der Waals surface area contributed by atoms with Crippen LogP contribution in [0.15, 0.2) is 67.3 Å². The molecule has 2 heterocycles. The van der Waals surface area contributed by atoms with Crippen molar-refractivity contribution >= 4 is 24.0 Å². The molecule has 2 atom stereocenters. The van der Waals surface area contributed by atoms with Gasteiger partial charge in [0.25, 0.3) is 0 Å². The van der Waals surface area contributed by atoms with Crippen LogP contribution in [0.4, 0.5) is 4.79 Å². The number of aromatic carboxylic acids is 1. The third-order valence-electron chi connectivity index (χ3n) is 8.30. The molecule has 2 aromatic carbocycles. The standard InChI is InChI=1S/C35H40N4O5/c1-23-17-24(5-11-29(23)33(41)42)6-12-32(40)38-15-13-25(14-16-38)21-39(34(43)44-35(2,3)4)31-18-30(31)27-9-7-26(8-10-27)28-19-36-22-37-20-28/h5-12,17,19-20,22,25,30-31H,13-16,18,21H2,1-4H3,(H,41,42). The molecule has 2 unspecified atom stereocenters. The van der Waals surface area contributed by atoms with Gasteiger partial charge in [0.2, 0.25) is 5.91 Å². The summed E-state index contributed by atoms with van der Waals surface area (Å²) in [6.07, 6.45) is 10.6. The second-order valence-corrected chi connectivity index (χ2v) is 12.8. The van der Waals surface area contributed by atoms with Crippen molar-refractivity contribution in [3.05, 3.63) is 89.5 Å². The van der Waals surface area contributed by atoms with Crippen molar-refractivity contribution in [3.8, 4) is 11.1 Å². The molecule has 2 fully saturated rings. The smallest absolute Gasteiger partial charge is 0.410 e. The second kappa shape index (κ2) is 13.0. The molecule has 9 nitrogen and oxygen atoms in total. The Kier molecular flexibility index (Phi) is 9.13. The summed E-state index contributed by atoms with van der Waals surface area (Å²) in [7, 11) is 0. The maximum absolute atomic E-state index is 13.4. The van der Waals surface area contributed by atoms with Crippen LogP contribution in [0.5, 0.6) is 0 Å². The van der Waals surface area contributed by atoms with Gasteiger partial charge in [-0.2, -0.15) is 0 Å². The molecule has 1 aliphatic carbocycles. The summed E-state index contributed by atoms with van der Waals surface area (Å²) in [5.74, 6) is -0.514. The first-order valence-electron chi connectivity index (χ1n) is 15.1. The van der Waals surface area contributed by atoms with Crippen molar-refractivity contribution in [3.63, 3.8) is 0 Å². The van der Waals surface area contributed by atoms with Crippen molar-refractivity contribution < 1.29 is 24.2 Å². The van der Waals surface area contributed by atoms with E-state index in [1.165, 1.54) is 11.9 Å². The number of benzene rings is 2. The Bertz CT molecular complexity index is 1520. The van der Waals surface area contributed by atoms with Crippen LogP contribution in [-0.2, 0) is 9.53 Å². The zero-order valence-electron chi connectivity index (χ0n) is 25.8. The number of nitrogens with zero attached hydrogens (tertiary/aromatic N) is 4. The normalized spacial score (nSPS) is 18.7. The largest absolute Gasteiger partial charge is 0.478 e. The van der Waals surface area contributed by atoms with Crippen LogP contribution in [0.3, 0.4) is 0 Å². The predicted molar refractivity (Wildman–Crippen MR) is 168 cm³/mol. The summed E-state index contributed by atoms with van der Waals surface area (Å²) in [6, 6.07) is 13.5. The number of carboxylic acid groups (broad SMARTS) is 1. The number of piperidine rings is 1.